The molecule has 0 aromatic rings. The molecule has 0 aliphatic rings. The van der Waals surface area contributed by atoms with E-state index in [1.54, 1.807) is 0 Å². The molecule has 0 saturated carbocycles. The maximum absolute atomic E-state index is 11.4. The van der Waals surface area contributed by atoms with Gasteiger partial charge in [0.1, 0.15) is 12.1 Å². The SMILES string of the molecule is CC(=O)CN(CC=O)CC(=O)NC(CO)CO. The van der Waals surface area contributed by atoms with Gasteiger partial charge < -0.3 is 20.3 Å². The summed E-state index contributed by atoms with van der Waals surface area (Å²) < 4.78 is 0. The number of nitrogens with one attached hydrogen (secondary N) is 1. The molecule has 7 heteroatoms. The molecule has 7 nitrogen and oxygen atoms in total. The van der Waals surface area contributed by atoms with E-state index in [-0.39, 0.29) is 38.6 Å². The van der Waals surface area contributed by atoms with Crippen LogP contribution in [0.25, 0.3) is 0 Å². The van der Waals surface area contributed by atoms with Gasteiger partial charge in [0.25, 0.3) is 0 Å². The number of carbonyl (C=O) groups is 3. The van der Waals surface area contributed by atoms with Crippen LogP contribution in [-0.2, 0) is 14.4 Å². The fourth-order valence-corrected chi connectivity index (χ4v) is 1.23. The predicted molar refractivity (Wildman–Crippen MR) is 59.3 cm³/mol. The number of amides is 1. The number of nitrogens with zero attached hydrogens (tertiary/aromatic N) is 1. The van der Waals surface area contributed by atoms with E-state index in [1.807, 2.05) is 0 Å². The van der Waals surface area contributed by atoms with Gasteiger partial charge in [-0.05, 0) is 6.92 Å². The van der Waals surface area contributed by atoms with E-state index < -0.39 is 11.9 Å². The van der Waals surface area contributed by atoms with Gasteiger partial charge in [0.15, 0.2) is 0 Å². The summed E-state index contributed by atoms with van der Waals surface area (Å²) in [4.78, 5) is 34.0. The molecule has 98 valence electrons. The number of carbonyl (C=O) groups excluding carboxylic acids is 3. The molecule has 0 radical (unpaired) electrons. The lowest BCUT2D eigenvalue weighted by atomic mass is 10.3. The average molecular weight is 246 g/mol. The lowest BCUT2D eigenvalue weighted by Gasteiger charge is -2.19. The quantitative estimate of drug-likeness (QED) is 0.390. The van der Waals surface area contributed by atoms with Gasteiger partial charge in [0.2, 0.25) is 5.91 Å². The van der Waals surface area contributed by atoms with Crippen LogP contribution in [0, 0.1) is 0 Å². The lowest BCUT2D eigenvalue weighted by Crippen LogP contribution is -2.46. The summed E-state index contributed by atoms with van der Waals surface area (Å²) in [5.74, 6) is -0.610. The lowest BCUT2D eigenvalue weighted by molar-refractivity contribution is -0.125. The van der Waals surface area contributed by atoms with E-state index in [9.17, 15) is 14.4 Å². The van der Waals surface area contributed by atoms with Gasteiger partial charge in [-0.25, -0.2) is 0 Å². The molecule has 0 spiro atoms. The van der Waals surface area contributed by atoms with Crippen molar-refractivity contribution in [2.45, 2.75) is 13.0 Å². The van der Waals surface area contributed by atoms with Crippen LogP contribution in [0.1, 0.15) is 6.92 Å². The van der Waals surface area contributed by atoms with Crippen LogP contribution < -0.4 is 5.32 Å². The Kier molecular flexibility index (Phi) is 8.12. The first-order valence-corrected chi connectivity index (χ1v) is 5.20. The number of hydrogen-bond acceptors (Lipinski definition) is 6. The van der Waals surface area contributed by atoms with Crippen LogP contribution in [0.3, 0.4) is 0 Å². The highest BCUT2D eigenvalue weighted by atomic mass is 16.3. The maximum atomic E-state index is 11.4. The first-order chi connectivity index (χ1) is 8.03. The van der Waals surface area contributed by atoms with Crippen LogP contribution in [0.15, 0.2) is 0 Å². The number of aliphatic hydroxyl groups is 2. The van der Waals surface area contributed by atoms with E-state index in [0.29, 0.717) is 6.29 Å². The van der Waals surface area contributed by atoms with Crippen molar-refractivity contribution in [2.75, 3.05) is 32.8 Å². The molecule has 0 aromatic heterocycles. The van der Waals surface area contributed by atoms with Crippen LogP contribution in [-0.4, -0.2) is 72.0 Å². The topological polar surface area (TPSA) is 107 Å². The molecule has 0 heterocycles. The highest BCUT2D eigenvalue weighted by molar-refractivity contribution is 5.81. The molecule has 0 fully saturated rings. The van der Waals surface area contributed by atoms with Crippen LogP contribution in [0.5, 0.6) is 0 Å². The molecule has 0 aromatic carbocycles. The zero-order valence-corrected chi connectivity index (χ0v) is 9.76. The Balaban J connectivity index is 4.19. The Morgan fingerprint density at radius 3 is 2.29 bits per heavy atom. The summed E-state index contributed by atoms with van der Waals surface area (Å²) in [6.45, 7) is 0.477. The summed E-state index contributed by atoms with van der Waals surface area (Å²) in [7, 11) is 0. The monoisotopic (exact) mass is 246 g/mol. The second kappa shape index (κ2) is 8.80. The molecular weight excluding hydrogens is 228 g/mol. The highest BCUT2D eigenvalue weighted by Crippen LogP contribution is 1.89. The fourth-order valence-electron chi connectivity index (χ4n) is 1.23. The van der Waals surface area contributed by atoms with Crippen molar-refractivity contribution in [3.63, 3.8) is 0 Å². The van der Waals surface area contributed by atoms with Crippen molar-refractivity contribution in [1.82, 2.24) is 10.2 Å². The Bertz CT molecular complexity index is 265. The average Bonchev–Trinajstić information content (AvgIpc) is 2.25. The van der Waals surface area contributed by atoms with E-state index >= 15 is 0 Å². The van der Waals surface area contributed by atoms with E-state index in [1.165, 1.54) is 11.8 Å². The van der Waals surface area contributed by atoms with Crippen LogP contribution in [0.2, 0.25) is 0 Å². The van der Waals surface area contributed by atoms with Crippen molar-refractivity contribution in [1.29, 1.82) is 0 Å². The molecule has 0 rings (SSSR count). The van der Waals surface area contributed by atoms with Gasteiger partial charge in [-0.2, -0.15) is 0 Å². The third-order valence-electron chi connectivity index (χ3n) is 1.95. The van der Waals surface area contributed by atoms with E-state index in [2.05, 4.69) is 5.32 Å². The second-order valence-corrected chi connectivity index (χ2v) is 3.67. The standard InChI is InChI=1S/C10H18N2O5/c1-8(16)4-12(2-3-13)5-10(17)11-9(6-14)7-15/h3,9,14-15H,2,4-7H2,1H3,(H,11,17). The first kappa shape index (κ1) is 15.7. The summed E-state index contributed by atoms with van der Waals surface area (Å²) in [6.07, 6.45) is 0.603. The molecule has 0 aliphatic heterocycles. The highest BCUT2D eigenvalue weighted by Gasteiger charge is 2.15. The minimum absolute atomic E-state index is 0.00900. The van der Waals surface area contributed by atoms with Gasteiger partial charge in [-0.3, -0.25) is 14.5 Å². The predicted octanol–water partition coefficient (Wildman–Crippen LogP) is -2.45. The molecule has 0 unspecified atom stereocenters. The number of ketones is 1. The summed E-state index contributed by atoms with van der Waals surface area (Å²) >= 11 is 0. The van der Waals surface area contributed by atoms with Gasteiger partial charge in [0, 0.05) is 0 Å². The van der Waals surface area contributed by atoms with Crippen LogP contribution >= 0.6 is 0 Å². The zero-order valence-electron chi connectivity index (χ0n) is 9.76. The van der Waals surface area contributed by atoms with Crippen molar-refractivity contribution in [3.05, 3.63) is 0 Å². The van der Waals surface area contributed by atoms with E-state index in [4.69, 9.17) is 10.2 Å². The first-order valence-electron chi connectivity index (χ1n) is 5.20. The number of aliphatic hydroxyl groups excluding tert-OH is 2. The van der Waals surface area contributed by atoms with Gasteiger partial charge >= 0.3 is 0 Å². The van der Waals surface area contributed by atoms with Crippen molar-refractivity contribution < 1.29 is 24.6 Å². The third kappa shape index (κ3) is 7.56. The largest absolute Gasteiger partial charge is 0.394 e. The van der Waals surface area contributed by atoms with Gasteiger partial charge in [0.05, 0.1) is 38.9 Å². The Morgan fingerprint density at radius 2 is 1.88 bits per heavy atom. The number of hydrogen-bond donors (Lipinski definition) is 3. The Morgan fingerprint density at radius 1 is 1.29 bits per heavy atom. The van der Waals surface area contributed by atoms with Gasteiger partial charge in [-0.1, -0.05) is 0 Å². The summed E-state index contributed by atoms with van der Waals surface area (Å²) in [6, 6.07) is -0.724. The Hall–Kier alpha value is -1.31. The molecule has 0 atom stereocenters. The molecular formula is C10H18N2O5. The number of aldehydes is 1. The van der Waals surface area contributed by atoms with Gasteiger partial charge in [-0.15, -0.1) is 0 Å². The third-order valence-corrected chi connectivity index (χ3v) is 1.95. The molecule has 17 heavy (non-hydrogen) atoms. The molecule has 1 amide bonds. The van der Waals surface area contributed by atoms with Crippen molar-refractivity contribution in [2.24, 2.45) is 0 Å². The smallest absolute Gasteiger partial charge is 0.234 e. The minimum atomic E-state index is -0.724. The van der Waals surface area contributed by atoms with Crippen LogP contribution in [0.4, 0.5) is 0 Å². The molecule has 0 saturated heterocycles. The van der Waals surface area contributed by atoms with Crippen molar-refractivity contribution >= 4 is 18.0 Å². The molecule has 0 aliphatic carbocycles. The van der Waals surface area contributed by atoms with E-state index in [0.717, 1.165) is 0 Å². The summed E-state index contributed by atoms with van der Waals surface area (Å²) in [5, 5.41) is 19.9. The molecule has 3 N–H and O–H groups in total. The minimum Gasteiger partial charge on any atom is -0.394 e. The fraction of sp³-hybridized carbons (Fsp3) is 0.700. The normalized spacial score (nSPS) is 10.6. The number of Topliss-reactive ketones (excluding diaryl/α,β-unsaturated/α-hetero) is 1. The maximum Gasteiger partial charge on any atom is 0.234 e. The number of rotatable bonds is 9. The summed E-state index contributed by atoms with van der Waals surface area (Å²) in [5.41, 5.74) is 0. The second-order valence-electron chi connectivity index (χ2n) is 3.67. The van der Waals surface area contributed by atoms with Crippen molar-refractivity contribution in [3.8, 4) is 0 Å². The zero-order chi connectivity index (χ0) is 13.3. The Labute approximate surface area is 99.4 Å². The molecule has 0 bridgehead atoms.